The average Bonchev–Trinajstić information content (AvgIpc) is 2.52. The molecule has 0 aliphatic carbocycles. The first-order valence-corrected chi connectivity index (χ1v) is 8.90. The molecule has 0 saturated carbocycles. The van der Waals surface area contributed by atoms with Gasteiger partial charge in [0.15, 0.2) is 0 Å². The van der Waals surface area contributed by atoms with Gasteiger partial charge in [-0.25, -0.2) is 4.57 Å². The predicted molar refractivity (Wildman–Crippen MR) is 80.4 cm³/mol. The highest BCUT2D eigenvalue weighted by atomic mass is 32.7. The van der Waals surface area contributed by atoms with Crippen molar-refractivity contribution in [2.75, 3.05) is 27.9 Å². The minimum Gasteiger partial charge on any atom is -0.496 e. The second-order valence-electron chi connectivity index (χ2n) is 3.85. The average molecular weight is 349 g/mol. The number of carboxylic acid groups (broad SMARTS) is 1. The zero-order valence-corrected chi connectivity index (χ0v) is 13.9. The van der Waals surface area contributed by atoms with Gasteiger partial charge < -0.3 is 24.2 Å². The first-order chi connectivity index (χ1) is 10.3. The summed E-state index contributed by atoms with van der Waals surface area (Å²) in [6, 6.07) is 4.39. The lowest BCUT2D eigenvalue weighted by Gasteiger charge is -2.15. The fourth-order valence-electron chi connectivity index (χ4n) is 1.42. The maximum absolute atomic E-state index is 12.2. The highest BCUT2D eigenvalue weighted by molar-refractivity contribution is 8.55. The molecule has 22 heavy (non-hydrogen) atoms. The molecule has 0 unspecified atom stereocenters. The Bertz CT molecular complexity index is 599. The number of hydrogen-bond donors (Lipinski definition) is 2. The fourth-order valence-corrected chi connectivity index (χ4v) is 3.97. The van der Waals surface area contributed by atoms with Gasteiger partial charge in [0.2, 0.25) is 0 Å². The molecule has 8 nitrogen and oxygen atoms in total. The first kappa shape index (κ1) is 18.5. The second kappa shape index (κ2) is 8.19. The smallest absolute Gasteiger partial charge is 0.393 e. The van der Waals surface area contributed by atoms with E-state index in [4.69, 9.17) is 18.9 Å². The van der Waals surface area contributed by atoms with Crippen molar-refractivity contribution in [3.8, 4) is 5.75 Å². The number of carboxylic acids is 1. The Kier molecular flexibility index (Phi) is 6.89. The second-order valence-corrected chi connectivity index (χ2v) is 7.98. The summed E-state index contributed by atoms with van der Waals surface area (Å²) in [6.45, 7) is -3.91. The number of aliphatic carboxylic acids is 1. The predicted octanol–water partition coefficient (Wildman–Crippen LogP) is 2.00. The first-order valence-electron chi connectivity index (χ1n) is 5.94. The molecule has 0 heterocycles. The van der Waals surface area contributed by atoms with Crippen LogP contribution in [0.1, 0.15) is 10.4 Å². The summed E-state index contributed by atoms with van der Waals surface area (Å²) in [5, 5.41) is 10.8. The van der Waals surface area contributed by atoms with E-state index in [-0.39, 0.29) is 5.56 Å². The lowest BCUT2D eigenvalue weighted by Crippen LogP contribution is -2.29. The summed E-state index contributed by atoms with van der Waals surface area (Å²) in [7, 11) is 3.91. The van der Waals surface area contributed by atoms with Crippen LogP contribution >= 0.6 is 18.2 Å². The van der Waals surface area contributed by atoms with Crippen LogP contribution in [0, 0.1) is 0 Å². The van der Waals surface area contributed by atoms with Crippen molar-refractivity contribution in [1.82, 2.24) is 5.32 Å². The Morgan fingerprint density at radius 2 is 1.91 bits per heavy atom. The van der Waals surface area contributed by atoms with E-state index in [1.807, 2.05) is 0 Å². The van der Waals surface area contributed by atoms with E-state index in [1.165, 1.54) is 39.5 Å². The Hall–Kier alpha value is -1.54. The van der Waals surface area contributed by atoms with Crippen LogP contribution in [0.25, 0.3) is 0 Å². The summed E-state index contributed by atoms with van der Waals surface area (Å²) in [6.07, 6.45) is 0. The monoisotopic (exact) mass is 349 g/mol. The molecule has 1 aromatic rings. The van der Waals surface area contributed by atoms with E-state index < -0.39 is 25.2 Å². The van der Waals surface area contributed by atoms with Gasteiger partial charge in [-0.3, -0.25) is 9.59 Å². The van der Waals surface area contributed by atoms with Gasteiger partial charge in [0, 0.05) is 19.8 Å². The lowest BCUT2D eigenvalue weighted by molar-refractivity contribution is -0.135. The molecular weight excluding hydrogens is 333 g/mol. The lowest BCUT2D eigenvalue weighted by atomic mass is 10.2. The van der Waals surface area contributed by atoms with Crippen molar-refractivity contribution in [3.63, 3.8) is 0 Å². The van der Waals surface area contributed by atoms with E-state index in [9.17, 15) is 14.2 Å². The molecule has 1 rings (SSSR count). The van der Waals surface area contributed by atoms with Crippen LogP contribution in [0.5, 0.6) is 5.75 Å². The van der Waals surface area contributed by atoms with Crippen molar-refractivity contribution < 1.29 is 33.0 Å². The number of carbonyl (C=O) groups is 2. The Balaban J connectivity index is 3.05. The van der Waals surface area contributed by atoms with Crippen LogP contribution in [0.4, 0.5) is 0 Å². The molecule has 0 fully saturated rings. The highest BCUT2D eigenvalue weighted by Crippen LogP contribution is 2.63. The van der Waals surface area contributed by atoms with E-state index in [1.54, 1.807) is 0 Å². The van der Waals surface area contributed by atoms with Crippen LogP contribution in [0.3, 0.4) is 0 Å². The standard InChI is InChI=1S/C12H16NO7PS/c1-18-9-5-4-8(12(16)13-7-11(14)15)6-10(9)22-21(17,19-2)20-3/h4-6H,7H2,1-3H3,(H,13,16)(H,14,15). The maximum Gasteiger partial charge on any atom is 0.393 e. The SMILES string of the molecule is COc1ccc(C(=O)NCC(=O)O)cc1SP(=O)(OC)OC. The third-order valence-electron chi connectivity index (χ3n) is 2.48. The summed E-state index contributed by atoms with van der Waals surface area (Å²) >= 11 is 0.788. The number of amides is 1. The minimum atomic E-state index is -3.41. The number of benzene rings is 1. The Labute approximate surface area is 131 Å². The number of methoxy groups -OCH3 is 1. The summed E-state index contributed by atoms with van der Waals surface area (Å²) in [5.41, 5.74) is 0.198. The van der Waals surface area contributed by atoms with E-state index >= 15 is 0 Å². The minimum absolute atomic E-state index is 0.198. The van der Waals surface area contributed by atoms with Gasteiger partial charge >= 0.3 is 12.8 Å². The normalized spacial score (nSPS) is 11.0. The molecule has 0 bridgehead atoms. The molecular formula is C12H16NO7PS. The molecule has 2 N–H and O–H groups in total. The van der Waals surface area contributed by atoms with E-state index in [2.05, 4.69) is 5.32 Å². The number of hydrogen-bond acceptors (Lipinski definition) is 7. The molecule has 10 heteroatoms. The molecule has 0 aliphatic heterocycles. The van der Waals surface area contributed by atoms with Crippen LogP contribution in [0.2, 0.25) is 0 Å². The molecule has 0 aliphatic rings. The molecule has 0 radical (unpaired) electrons. The zero-order valence-electron chi connectivity index (χ0n) is 12.2. The van der Waals surface area contributed by atoms with Gasteiger partial charge in [-0.1, -0.05) is 0 Å². The molecule has 0 atom stereocenters. The van der Waals surface area contributed by atoms with Crippen molar-refractivity contribution in [3.05, 3.63) is 23.8 Å². The third-order valence-corrected chi connectivity index (χ3v) is 6.27. The van der Waals surface area contributed by atoms with Crippen molar-refractivity contribution in [2.24, 2.45) is 0 Å². The fraction of sp³-hybridized carbons (Fsp3) is 0.333. The van der Waals surface area contributed by atoms with Crippen LogP contribution in [-0.2, 0) is 18.4 Å². The van der Waals surface area contributed by atoms with Crippen molar-refractivity contribution in [1.29, 1.82) is 0 Å². The van der Waals surface area contributed by atoms with Gasteiger partial charge in [0.05, 0.1) is 12.0 Å². The van der Waals surface area contributed by atoms with Gasteiger partial charge in [0.1, 0.15) is 12.3 Å². The van der Waals surface area contributed by atoms with Crippen molar-refractivity contribution in [2.45, 2.75) is 4.90 Å². The molecule has 0 aromatic heterocycles. The summed E-state index contributed by atoms with van der Waals surface area (Å²) < 4.78 is 27.0. The number of carbonyl (C=O) groups excluding carboxylic acids is 1. The third kappa shape index (κ3) is 5.03. The van der Waals surface area contributed by atoms with Gasteiger partial charge in [-0.15, -0.1) is 0 Å². The van der Waals surface area contributed by atoms with Crippen molar-refractivity contribution >= 4 is 30.1 Å². The maximum atomic E-state index is 12.2. The van der Waals surface area contributed by atoms with Gasteiger partial charge in [0.25, 0.3) is 5.91 Å². The Morgan fingerprint density at radius 1 is 1.27 bits per heavy atom. The molecule has 122 valence electrons. The van der Waals surface area contributed by atoms with Crippen LogP contribution in [-0.4, -0.2) is 44.9 Å². The van der Waals surface area contributed by atoms with Crippen LogP contribution in [0.15, 0.2) is 23.1 Å². The van der Waals surface area contributed by atoms with Gasteiger partial charge in [-0.2, -0.15) is 0 Å². The van der Waals surface area contributed by atoms with E-state index in [0.717, 1.165) is 11.4 Å². The summed E-state index contributed by atoms with van der Waals surface area (Å²) in [5.74, 6) is -1.34. The largest absolute Gasteiger partial charge is 0.496 e. The Morgan fingerprint density at radius 3 is 2.41 bits per heavy atom. The zero-order chi connectivity index (χ0) is 16.8. The quantitative estimate of drug-likeness (QED) is 0.686. The molecule has 0 spiro atoms. The number of rotatable bonds is 8. The molecule has 1 aromatic carbocycles. The summed E-state index contributed by atoms with van der Waals surface area (Å²) in [4.78, 5) is 22.7. The number of nitrogens with one attached hydrogen (secondary N) is 1. The molecule has 0 saturated heterocycles. The van der Waals surface area contributed by atoms with Gasteiger partial charge in [-0.05, 0) is 29.6 Å². The molecule has 1 amide bonds. The van der Waals surface area contributed by atoms with E-state index in [0.29, 0.717) is 10.6 Å². The highest BCUT2D eigenvalue weighted by Gasteiger charge is 2.26. The number of ether oxygens (including phenoxy) is 1. The topological polar surface area (TPSA) is 111 Å². The van der Waals surface area contributed by atoms with Crippen LogP contribution < -0.4 is 10.1 Å².